The number of hydrogen-bond donors (Lipinski definition) is 0. The van der Waals surface area contributed by atoms with Gasteiger partial charge in [-0.05, 0) is 25.0 Å². The molecular weight excluding hydrogens is 380 g/mol. The molecule has 0 N–H and O–H groups in total. The Morgan fingerprint density at radius 1 is 1.14 bits per heavy atom. The molecule has 2 aliphatic rings. The van der Waals surface area contributed by atoms with Crippen molar-refractivity contribution < 1.29 is 14.4 Å². The number of amides is 3. The first-order chi connectivity index (χ1) is 13.5. The quantitative estimate of drug-likeness (QED) is 0.772. The van der Waals surface area contributed by atoms with E-state index < -0.39 is 0 Å². The van der Waals surface area contributed by atoms with Gasteiger partial charge >= 0.3 is 0 Å². The minimum Gasteiger partial charge on any atom is -0.342 e. The van der Waals surface area contributed by atoms with Gasteiger partial charge in [-0.25, -0.2) is 4.98 Å². The number of thioether (sulfide) groups is 1. The van der Waals surface area contributed by atoms with Crippen LogP contribution in [0.2, 0.25) is 0 Å². The van der Waals surface area contributed by atoms with Gasteiger partial charge < -0.3 is 4.90 Å². The lowest BCUT2D eigenvalue weighted by molar-refractivity contribution is -0.133. The molecule has 1 aromatic carbocycles. The van der Waals surface area contributed by atoms with Gasteiger partial charge in [-0.3, -0.25) is 28.6 Å². The number of imide groups is 1. The number of rotatable bonds is 4. The summed E-state index contributed by atoms with van der Waals surface area (Å²) in [5, 5.41) is 0.356. The highest BCUT2D eigenvalue weighted by molar-refractivity contribution is 8.14. The maximum Gasteiger partial charge on any atom is 0.289 e. The average molecular weight is 400 g/mol. The number of carbonyl (C=O) groups excluding carboxylic acids is 3. The van der Waals surface area contributed by atoms with Crippen LogP contribution in [0, 0.1) is 0 Å². The van der Waals surface area contributed by atoms with Crippen molar-refractivity contribution >= 4 is 39.7 Å². The number of para-hydroxylation sites is 1. The molecule has 8 nitrogen and oxygen atoms in total. The molecule has 0 radical (unpaired) electrons. The van der Waals surface area contributed by atoms with Crippen molar-refractivity contribution in [1.29, 1.82) is 0 Å². The lowest BCUT2D eigenvalue weighted by atomic mass is 10.0. The number of nitrogens with zero attached hydrogens (tertiary/aromatic N) is 4. The molecule has 146 valence electrons. The Bertz CT molecular complexity index is 981. The van der Waals surface area contributed by atoms with Crippen LogP contribution in [0.5, 0.6) is 0 Å². The van der Waals surface area contributed by atoms with Gasteiger partial charge in [0, 0.05) is 32.1 Å². The van der Waals surface area contributed by atoms with Gasteiger partial charge in [-0.1, -0.05) is 23.9 Å². The molecule has 9 heteroatoms. The average Bonchev–Trinajstić information content (AvgIpc) is 3.06. The molecule has 0 aliphatic carbocycles. The molecule has 4 rings (SSSR count). The zero-order chi connectivity index (χ0) is 19.7. The predicted molar refractivity (Wildman–Crippen MR) is 105 cm³/mol. The van der Waals surface area contributed by atoms with Crippen molar-refractivity contribution in [3.63, 3.8) is 0 Å². The fraction of sp³-hybridized carbons (Fsp3) is 0.421. The molecule has 2 aliphatic heterocycles. The Balaban J connectivity index is 1.34. The number of likely N-dealkylation sites (tertiary alicyclic amines) is 1. The van der Waals surface area contributed by atoms with E-state index in [1.807, 2.05) is 6.07 Å². The van der Waals surface area contributed by atoms with Gasteiger partial charge in [0.15, 0.2) is 0 Å². The second-order valence-electron chi connectivity index (χ2n) is 6.94. The second kappa shape index (κ2) is 7.75. The maximum atomic E-state index is 12.5. The molecular formula is C19H20N4O4S. The van der Waals surface area contributed by atoms with Gasteiger partial charge in [-0.15, -0.1) is 0 Å². The standard InChI is InChI=1S/C19H20N4O4S/c24-16(7-10-22-12-20-15-4-2-1-3-14(15)18(22)26)21-8-5-13(6-9-21)23-17(25)11-28-19(23)27/h1-4,12-13H,5-11H2. The summed E-state index contributed by atoms with van der Waals surface area (Å²) in [4.78, 5) is 56.1. The molecule has 1 aromatic heterocycles. The summed E-state index contributed by atoms with van der Waals surface area (Å²) in [6.07, 6.45) is 2.89. The van der Waals surface area contributed by atoms with E-state index in [9.17, 15) is 19.2 Å². The van der Waals surface area contributed by atoms with E-state index in [0.29, 0.717) is 36.8 Å². The second-order valence-corrected chi connectivity index (χ2v) is 7.87. The monoisotopic (exact) mass is 400 g/mol. The first-order valence-corrected chi connectivity index (χ1v) is 10.2. The number of hydrogen-bond acceptors (Lipinski definition) is 6. The van der Waals surface area contributed by atoms with Crippen LogP contribution in [0.3, 0.4) is 0 Å². The van der Waals surface area contributed by atoms with Crippen LogP contribution in [0.25, 0.3) is 10.9 Å². The number of piperidine rings is 1. The van der Waals surface area contributed by atoms with Crippen LogP contribution < -0.4 is 5.56 Å². The first kappa shape index (κ1) is 18.7. The lowest BCUT2D eigenvalue weighted by Crippen LogP contribution is -2.48. The molecule has 3 amide bonds. The Labute approximate surface area is 165 Å². The SMILES string of the molecule is O=C(CCn1cnc2ccccc2c1=O)N1CCC(N2C(=O)CSC2=O)CC1. The largest absolute Gasteiger partial charge is 0.342 e. The minimum absolute atomic E-state index is 0.0352. The van der Waals surface area contributed by atoms with Crippen molar-refractivity contribution in [3.8, 4) is 0 Å². The molecule has 2 fully saturated rings. The van der Waals surface area contributed by atoms with Crippen LogP contribution in [0.4, 0.5) is 4.79 Å². The Morgan fingerprint density at radius 2 is 1.89 bits per heavy atom. The van der Waals surface area contributed by atoms with Crippen molar-refractivity contribution in [3.05, 3.63) is 40.9 Å². The van der Waals surface area contributed by atoms with Crippen LogP contribution in [-0.2, 0) is 16.1 Å². The zero-order valence-corrected chi connectivity index (χ0v) is 16.1. The Morgan fingerprint density at radius 3 is 2.61 bits per heavy atom. The van der Waals surface area contributed by atoms with Gasteiger partial charge in [0.25, 0.3) is 10.8 Å². The summed E-state index contributed by atoms with van der Waals surface area (Å²) in [6, 6.07) is 7.01. The van der Waals surface area contributed by atoms with Crippen molar-refractivity contribution in [2.75, 3.05) is 18.8 Å². The summed E-state index contributed by atoms with van der Waals surface area (Å²) in [7, 11) is 0. The molecule has 0 unspecified atom stereocenters. The topological polar surface area (TPSA) is 92.6 Å². The molecule has 0 spiro atoms. The number of benzene rings is 1. The van der Waals surface area contributed by atoms with Crippen molar-refractivity contribution in [1.82, 2.24) is 19.4 Å². The van der Waals surface area contributed by atoms with Crippen LogP contribution in [0.15, 0.2) is 35.4 Å². The smallest absolute Gasteiger partial charge is 0.289 e. The normalized spacial score (nSPS) is 18.3. The molecule has 0 bridgehead atoms. The molecule has 28 heavy (non-hydrogen) atoms. The van der Waals surface area contributed by atoms with E-state index in [1.165, 1.54) is 15.8 Å². The fourth-order valence-electron chi connectivity index (χ4n) is 3.73. The highest BCUT2D eigenvalue weighted by Gasteiger charge is 2.37. The molecule has 3 heterocycles. The molecule has 0 saturated carbocycles. The first-order valence-electron chi connectivity index (χ1n) is 9.25. The van der Waals surface area contributed by atoms with E-state index in [0.717, 1.165) is 11.8 Å². The van der Waals surface area contributed by atoms with E-state index in [2.05, 4.69) is 4.98 Å². The highest BCUT2D eigenvalue weighted by atomic mass is 32.2. The fourth-order valence-corrected chi connectivity index (χ4v) is 4.51. The van der Waals surface area contributed by atoms with Crippen LogP contribution in [-0.4, -0.2) is 61.3 Å². The summed E-state index contributed by atoms with van der Waals surface area (Å²) in [6.45, 7) is 1.29. The number of aryl methyl sites for hydroxylation is 1. The summed E-state index contributed by atoms with van der Waals surface area (Å²) in [5.74, 6) is 0.0434. The molecule has 0 atom stereocenters. The third kappa shape index (κ3) is 3.54. The van der Waals surface area contributed by atoms with Crippen molar-refractivity contribution in [2.45, 2.75) is 31.8 Å². The van der Waals surface area contributed by atoms with E-state index >= 15 is 0 Å². The maximum absolute atomic E-state index is 12.5. The van der Waals surface area contributed by atoms with Crippen molar-refractivity contribution in [2.24, 2.45) is 0 Å². The number of carbonyl (C=O) groups is 3. The summed E-state index contributed by atoms with van der Waals surface area (Å²) in [5.41, 5.74) is 0.488. The summed E-state index contributed by atoms with van der Waals surface area (Å²) >= 11 is 1.04. The lowest BCUT2D eigenvalue weighted by Gasteiger charge is -2.35. The minimum atomic E-state index is -0.182. The highest BCUT2D eigenvalue weighted by Crippen LogP contribution is 2.26. The third-order valence-electron chi connectivity index (χ3n) is 5.26. The number of aromatic nitrogens is 2. The van der Waals surface area contributed by atoms with Crippen LogP contribution in [0.1, 0.15) is 19.3 Å². The van der Waals surface area contributed by atoms with Gasteiger partial charge in [-0.2, -0.15) is 0 Å². The van der Waals surface area contributed by atoms with E-state index in [4.69, 9.17) is 0 Å². The Hall–Kier alpha value is -2.68. The Kier molecular flexibility index (Phi) is 5.17. The summed E-state index contributed by atoms with van der Waals surface area (Å²) < 4.78 is 1.46. The van der Waals surface area contributed by atoms with E-state index in [-0.39, 0.29) is 47.4 Å². The number of fused-ring (bicyclic) bond motifs is 1. The predicted octanol–water partition coefficient (Wildman–Crippen LogP) is 1.47. The van der Waals surface area contributed by atoms with E-state index in [1.54, 1.807) is 23.1 Å². The van der Waals surface area contributed by atoms with Gasteiger partial charge in [0.05, 0.1) is 23.0 Å². The van der Waals surface area contributed by atoms with Gasteiger partial charge in [0.1, 0.15) is 0 Å². The van der Waals surface area contributed by atoms with Gasteiger partial charge in [0.2, 0.25) is 11.8 Å². The zero-order valence-electron chi connectivity index (χ0n) is 15.2. The van der Waals surface area contributed by atoms with Crippen LogP contribution >= 0.6 is 11.8 Å². The molecule has 2 saturated heterocycles. The third-order valence-corrected chi connectivity index (χ3v) is 6.10. The molecule has 2 aromatic rings.